The zero-order valence-corrected chi connectivity index (χ0v) is 14.9. The third kappa shape index (κ3) is 4.18. The minimum absolute atomic E-state index is 0.408. The molecule has 0 radical (unpaired) electrons. The molecule has 1 aliphatic rings. The van der Waals surface area contributed by atoms with E-state index >= 15 is 0 Å². The molecule has 2 atom stereocenters. The van der Waals surface area contributed by atoms with Crippen LogP contribution < -0.4 is 5.32 Å². The number of piperazine rings is 1. The van der Waals surface area contributed by atoms with Crippen molar-refractivity contribution < 1.29 is 8.42 Å². The molecule has 0 spiro atoms. The van der Waals surface area contributed by atoms with E-state index in [1.807, 2.05) is 13.8 Å². The minimum Gasteiger partial charge on any atom is -0.311 e. The maximum absolute atomic E-state index is 12.0. The quantitative estimate of drug-likeness (QED) is 0.841. The maximum atomic E-state index is 12.0. The van der Waals surface area contributed by atoms with Crippen molar-refractivity contribution in [1.82, 2.24) is 10.2 Å². The number of nitrogens with one attached hydrogen (secondary N) is 1. The predicted molar refractivity (Wildman–Crippen MR) is 85.8 cm³/mol. The van der Waals surface area contributed by atoms with Crippen molar-refractivity contribution in [1.29, 1.82) is 0 Å². The Kier molecular flexibility index (Phi) is 5.67. The Morgan fingerprint density at radius 2 is 1.75 bits per heavy atom. The molecular weight excluding hydrogens is 272 g/mol. The van der Waals surface area contributed by atoms with Crippen molar-refractivity contribution in [2.75, 3.05) is 25.9 Å². The summed E-state index contributed by atoms with van der Waals surface area (Å²) in [6.07, 6.45) is 1.35. The molecule has 2 unspecified atom stereocenters. The van der Waals surface area contributed by atoms with Crippen molar-refractivity contribution in [3.8, 4) is 0 Å². The fraction of sp³-hybridized carbons (Fsp3) is 1.00. The highest BCUT2D eigenvalue weighted by Gasteiger charge is 2.38. The smallest absolute Gasteiger partial charge is 0.153 e. The van der Waals surface area contributed by atoms with Crippen LogP contribution in [0.4, 0.5) is 0 Å². The number of nitrogens with zero attached hydrogens (tertiary/aromatic N) is 1. The van der Waals surface area contributed by atoms with Crippen LogP contribution in [0.2, 0.25) is 0 Å². The van der Waals surface area contributed by atoms with Crippen LogP contribution in [0.15, 0.2) is 0 Å². The Bertz CT molecular complexity index is 416. The molecule has 1 heterocycles. The van der Waals surface area contributed by atoms with Gasteiger partial charge in [-0.2, -0.15) is 0 Å². The van der Waals surface area contributed by atoms with Crippen LogP contribution in [-0.4, -0.2) is 56.0 Å². The third-order valence-electron chi connectivity index (χ3n) is 4.65. The van der Waals surface area contributed by atoms with Crippen molar-refractivity contribution in [3.63, 3.8) is 0 Å². The first-order valence-electron chi connectivity index (χ1n) is 7.62. The number of hydrogen-bond donors (Lipinski definition) is 1. The molecule has 1 fully saturated rings. The molecule has 1 rings (SSSR count). The topological polar surface area (TPSA) is 49.4 Å². The van der Waals surface area contributed by atoms with Crippen molar-refractivity contribution in [2.24, 2.45) is 11.8 Å². The Morgan fingerprint density at radius 1 is 1.20 bits per heavy atom. The lowest BCUT2D eigenvalue weighted by Gasteiger charge is -2.46. The van der Waals surface area contributed by atoms with E-state index in [2.05, 4.69) is 37.9 Å². The summed E-state index contributed by atoms with van der Waals surface area (Å²) in [5.41, 5.74) is 0. The molecule has 20 heavy (non-hydrogen) atoms. The molecule has 0 aliphatic carbocycles. The van der Waals surface area contributed by atoms with Crippen LogP contribution in [0, 0.1) is 11.8 Å². The van der Waals surface area contributed by atoms with E-state index in [-0.39, 0.29) is 0 Å². The van der Waals surface area contributed by atoms with Gasteiger partial charge >= 0.3 is 0 Å². The largest absolute Gasteiger partial charge is 0.311 e. The number of hydrogen-bond acceptors (Lipinski definition) is 4. The standard InChI is InChI=1S/C15H32N2O2S/c1-11(2)13-9-17(14(8-16-13)12(3)4)10-15(5,6)20(7,18)19/h11-14,16H,8-10H2,1-7H3. The first-order valence-corrected chi connectivity index (χ1v) is 9.52. The average molecular weight is 305 g/mol. The molecular formula is C15H32N2O2S. The molecule has 0 amide bonds. The van der Waals surface area contributed by atoms with Crippen molar-refractivity contribution in [3.05, 3.63) is 0 Å². The first kappa shape index (κ1) is 17.9. The number of sulfone groups is 1. The van der Waals surface area contributed by atoms with Gasteiger partial charge in [-0.1, -0.05) is 27.7 Å². The van der Waals surface area contributed by atoms with Gasteiger partial charge in [-0.25, -0.2) is 8.42 Å². The Labute approximate surface area is 125 Å². The Balaban J connectivity index is 2.90. The van der Waals surface area contributed by atoms with Gasteiger partial charge in [-0.05, 0) is 25.7 Å². The summed E-state index contributed by atoms with van der Waals surface area (Å²) in [5.74, 6) is 1.08. The van der Waals surface area contributed by atoms with Crippen molar-refractivity contribution >= 4 is 9.84 Å². The predicted octanol–water partition coefficient (Wildman–Crippen LogP) is 1.76. The highest BCUT2D eigenvalue weighted by molar-refractivity contribution is 7.92. The summed E-state index contributed by atoms with van der Waals surface area (Å²) in [4.78, 5) is 2.38. The lowest BCUT2D eigenvalue weighted by atomic mass is 9.93. The van der Waals surface area contributed by atoms with Gasteiger partial charge < -0.3 is 5.32 Å². The molecule has 1 saturated heterocycles. The molecule has 5 heteroatoms. The van der Waals surface area contributed by atoms with Crippen LogP contribution in [0.3, 0.4) is 0 Å². The third-order valence-corrected chi connectivity index (χ3v) is 6.79. The summed E-state index contributed by atoms with van der Waals surface area (Å²) in [5, 5.41) is 3.61. The van der Waals surface area contributed by atoms with E-state index < -0.39 is 14.6 Å². The second-order valence-corrected chi connectivity index (χ2v) is 10.2. The fourth-order valence-electron chi connectivity index (χ4n) is 2.75. The van der Waals surface area contributed by atoms with Crippen LogP contribution in [-0.2, 0) is 9.84 Å². The van der Waals surface area contributed by atoms with Gasteiger partial charge in [-0.3, -0.25) is 4.90 Å². The van der Waals surface area contributed by atoms with E-state index in [4.69, 9.17) is 0 Å². The van der Waals surface area contributed by atoms with E-state index in [9.17, 15) is 8.42 Å². The van der Waals surface area contributed by atoms with Crippen molar-refractivity contribution in [2.45, 2.75) is 58.4 Å². The molecule has 1 N–H and O–H groups in total. The van der Waals surface area contributed by atoms with Crippen LogP contribution >= 0.6 is 0 Å². The molecule has 0 aromatic rings. The van der Waals surface area contributed by atoms with Gasteiger partial charge in [0.15, 0.2) is 9.84 Å². The van der Waals surface area contributed by atoms with Gasteiger partial charge in [0, 0.05) is 38.0 Å². The Morgan fingerprint density at radius 3 is 2.15 bits per heavy atom. The van der Waals surface area contributed by atoms with Crippen LogP contribution in [0.1, 0.15) is 41.5 Å². The Hall–Kier alpha value is -0.130. The van der Waals surface area contributed by atoms with Crippen LogP contribution in [0.25, 0.3) is 0 Å². The minimum atomic E-state index is -3.05. The highest BCUT2D eigenvalue weighted by atomic mass is 32.2. The van der Waals surface area contributed by atoms with Gasteiger partial charge in [0.05, 0.1) is 4.75 Å². The maximum Gasteiger partial charge on any atom is 0.153 e. The summed E-state index contributed by atoms with van der Waals surface area (Å²) < 4.78 is 23.3. The zero-order chi connectivity index (χ0) is 15.7. The SMILES string of the molecule is CC(C)C1CN(CC(C)(C)S(C)(=O)=O)C(C(C)C)CN1. The lowest BCUT2D eigenvalue weighted by molar-refractivity contribution is 0.0778. The highest BCUT2D eigenvalue weighted by Crippen LogP contribution is 2.24. The van der Waals surface area contributed by atoms with Gasteiger partial charge in [0.2, 0.25) is 0 Å². The molecule has 1 aliphatic heterocycles. The summed E-state index contributed by atoms with van der Waals surface area (Å²) in [6, 6.07) is 0.853. The molecule has 0 aromatic carbocycles. The fourth-order valence-corrected chi connectivity index (χ4v) is 3.15. The monoisotopic (exact) mass is 304 g/mol. The molecule has 0 aromatic heterocycles. The van der Waals surface area contributed by atoms with Gasteiger partial charge in [0.1, 0.15) is 0 Å². The summed E-state index contributed by atoms with van der Waals surface area (Å²) in [6.45, 7) is 15.0. The lowest BCUT2D eigenvalue weighted by Crippen LogP contribution is -2.62. The zero-order valence-electron chi connectivity index (χ0n) is 14.1. The van der Waals surface area contributed by atoms with Gasteiger partial charge in [0.25, 0.3) is 0 Å². The van der Waals surface area contributed by atoms with E-state index in [0.29, 0.717) is 30.5 Å². The molecule has 120 valence electrons. The summed E-state index contributed by atoms with van der Waals surface area (Å²) in [7, 11) is -3.05. The first-order chi connectivity index (χ1) is 8.95. The second kappa shape index (κ2) is 6.32. The molecule has 0 saturated carbocycles. The summed E-state index contributed by atoms with van der Waals surface area (Å²) >= 11 is 0. The van der Waals surface area contributed by atoms with Gasteiger partial charge in [-0.15, -0.1) is 0 Å². The molecule has 0 bridgehead atoms. The average Bonchev–Trinajstić information content (AvgIpc) is 2.26. The second-order valence-electron chi connectivity index (χ2n) is 7.53. The molecule has 4 nitrogen and oxygen atoms in total. The normalized spacial score (nSPS) is 26.4. The van der Waals surface area contributed by atoms with E-state index in [1.54, 1.807) is 0 Å². The van der Waals surface area contributed by atoms with Crippen LogP contribution in [0.5, 0.6) is 0 Å². The van der Waals surface area contributed by atoms with E-state index in [0.717, 1.165) is 13.1 Å². The van der Waals surface area contributed by atoms with E-state index in [1.165, 1.54) is 6.26 Å². The number of rotatable bonds is 5.